The Morgan fingerprint density at radius 1 is 1.50 bits per heavy atom. The quantitative estimate of drug-likeness (QED) is 0.660. The molecular formula is C9H11ClN4OS. The Bertz CT molecular complexity index is 425. The smallest absolute Gasteiger partial charge is 0.274 e. The third-order valence-corrected chi connectivity index (χ3v) is 3.20. The van der Waals surface area contributed by atoms with Crippen LogP contribution >= 0.6 is 23.1 Å². The van der Waals surface area contributed by atoms with E-state index in [1.54, 1.807) is 0 Å². The van der Waals surface area contributed by atoms with Crippen molar-refractivity contribution in [2.45, 2.75) is 31.7 Å². The highest BCUT2D eigenvalue weighted by atomic mass is 35.5. The van der Waals surface area contributed by atoms with Crippen molar-refractivity contribution in [3.05, 3.63) is 5.82 Å². The number of hydrogen-bond donors (Lipinski definition) is 1. The van der Waals surface area contributed by atoms with Gasteiger partial charge < -0.3 is 5.73 Å². The molecule has 1 aromatic rings. The number of aromatic nitrogens is 2. The molecule has 0 amide bonds. The Balaban J connectivity index is 2.26. The summed E-state index contributed by atoms with van der Waals surface area (Å²) in [5.41, 5.74) is 5.60. The molecule has 0 saturated heterocycles. The normalized spacial score (nSPS) is 17.9. The number of rotatable bonds is 3. The van der Waals surface area contributed by atoms with Gasteiger partial charge in [-0.1, -0.05) is 12.8 Å². The van der Waals surface area contributed by atoms with Gasteiger partial charge in [-0.05, 0) is 24.4 Å². The number of carbonyl (C=O) groups excluding carboxylic acids is 1. The van der Waals surface area contributed by atoms with E-state index in [4.69, 9.17) is 17.3 Å². The van der Waals surface area contributed by atoms with Gasteiger partial charge in [0.15, 0.2) is 16.7 Å². The second-order valence-corrected chi connectivity index (χ2v) is 4.77. The highest BCUT2D eigenvalue weighted by Crippen LogP contribution is 2.22. The lowest BCUT2D eigenvalue weighted by Gasteiger charge is -2.03. The number of carbonyl (C=O) groups is 1. The number of anilines is 1. The van der Waals surface area contributed by atoms with Crippen molar-refractivity contribution in [2.24, 2.45) is 4.99 Å². The van der Waals surface area contributed by atoms with Gasteiger partial charge in [0.2, 0.25) is 0 Å². The first-order valence-corrected chi connectivity index (χ1v) is 6.19. The van der Waals surface area contributed by atoms with Crippen LogP contribution in [0.3, 0.4) is 0 Å². The molecule has 1 fully saturated rings. The van der Waals surface area contributed by atoms with Crippen LogP contribution in [0.4, 0.5) is 5.13 Å². The largest absolute Gasteiger partial charge is 0.374 e. The molecule has 0 spiro atoms. The number of nitrogens with zero attached hydrogens (tertiary/aromatic N) is 3. The average molecular weight is 259 g/mol. The first-order valence-electron chi connectivity index (χ1n) is 5.04. The number of nitrogens with two attached hydrogens (primary N) is 1. The van der Waals surface area contributed by atoms with Crippen molar-refractivity contribution in [3.8, 4) is 0 Å². The predicted octanol–water partition coefficient (Wildman–Crippen LogP) is 1.62. The Morgan fingerprint density at radius 2 is 2.19 bits per heavy atom. The molecule has 1 heterocycles. The highest BCUT2D eigenvalue weighted by molar-refractivity contribution is 7.09. The summed E-state index contributed by atoms with van der Waals surface area (Å²) >= 11 is 6.51. The van der Waals surface area contributed by atoms with Crippen LogP contribution in [-0.2, 0) is 4.79 Å². The summed E-state index contributed by atoms with van der Waals surface area (Å²) in [5.74, 6) is 0.245. The van der Waals surface area contributed by atoms with E-state index in [2.05, 4.69) is 14.3 Å². The molecular weight excluding hydrogens is 248 g/mol. The Hall–Kier alpha value is -1.01. The minimum absolute atomic E-state index is 0.140. The predicted molar refractivity (Wildman–Crippen MR) is 64.0 cm³/mol. The molecule has 0 atom stereocenters. The van der Waals surface area contributed by atoms with E-state index in [1.165, 1.54) is 0 Å². The maximum atomic E-state index is 11.3. The summed E-state index contributed by atoms with van der Waals surface area (Å²) in [4.78, 5) is 19.5. The molecule has 86 valence electrons. The maximum absolute atomic E-state index is 11.3. The first-order chi connectivity index (χ1) is 7.66. The fraction of sp³-hybridized carbons (Fsp3) is 0.556. The summed E-state index contributed by atoms with van der Waals surface area (Å²) < 4.78 is 3.95. The maximum Gasteiger partial charge on any atom is 0.274 e. The first kappa shape index (κ1) is 11.5. The number of nitrogen functional groups attached to an aromatic ring is 1. The van der Waals surface area contributed by atoms with Crippen LogP contribution in [0.25, 0.3) is 0 Å². The second kappa shape index (κ2) is 4.88. The van der Waals surface area contributed by atoms with Gasteiger partial charge in [-0.15, -0.1) is 0 Å². The van der Waals surface area contributed by atoms with Gasteiger partial charge in [-0.2, -0.15) is 9.36 Å². The van der Waals surface area contributed by atoms with Crippen molar-refractivity contribution in [3.63, 3.8) is 0 Å². The zero-order valence-electron chi connectivity index (χ0n) is 8.52. The van der Waals surface area contributed by atoms with Crippen LogP contribution in [0.2, 0.25) is 0 Å². The second-order valence-electron chi connectivity index (χ2n) is 3.65. The minimum Gasteiger partial charge on any atom is -0.374 e. The standard InChI is InChI=1S/C9H11ClN4OS/c10-7(15)6(8-13-9(11)16-14-8)12-5-3-1-2-4-5/h5H,1-4H2,(H2,11,13,14). The van der Waals surface area contributed by atoms with Crippen LogP contribution in [0.5, 0.6) is 0 Å². The van der Waals surface area contributed by atoms with Gasteiger partial charge in [0, 0.05) is 11.5 Å². The highest BCUT2D eigenvalue weighted by Gasteiger charge is 2.21. The van der Waals surface area contributed by atoms with E-state index in [9.17, 15) is 4.79 Å². The summed E-state index contributed by atoms with van der Waals surface area (Å²) in [5, 5.41) is -0.309. The third-order valence-electron chi connectivity index (χ3n) is 2.48. The molecule has 0 unspecified atom stereocenters. The molecule has 1 aromatic heterocycles. The minimum atomic E-state index is -0.621. The molecule has 0 aliphatic heterocycles. The number of halogens is 1. The number of aliphatic imine (C=N–C) groups is 1. The summed E-state index contributed by atoms with van der Waals surface area (Å²) in [7, 11) is 0. The van der Waals surface area contributed by atoms with Gasteiger partial charge in [0.25, 0.3) is 5.24 Å². The monoisotopic (exact) mass is 258 g/mol. The molecule has 0 radical (unpaired) electrons. The lowest BCUT2D eigenvalue weighted by Crippen LogP contribution is -2.15. The Kier molecular flexibility index (Phi) is 3.50. The zero-order chi connectivity index (χ0) is 11.5. The Labute approximate surface area is 102 Å². The molecule has 5 nitrogen and oxygen atoms in total. The van der Waals surface area contributed by atoms with Crippen LogP contribution in [0, 0.1) is 0 Å². The molecule has 7 heteroatoms. The zero-order valence-corrected chi connectivity index (χ0v) is 10.1. The molecule has 1 saturated carbocycles. The molecule has 1 aliphatic rings. The fourth-order valence-corrected chi connectivity index (χ4v) is 2.31. The van der Waals surface area contributed by atoms with E-state index < -0.39 is 5.24 Å². The van der Waals surface area contributed by atoms with E-state index in [0.717, 1.165) is 37.2 Å². The van der Waals surface area contributed by atoms with Gasteiger partial charge in [-0.3, -0.25) is 9.79 Å². The van der Waals surface area contributed by atoms with Crippen LogP contribution < -0.4 is 5.73 Å². The van der Waals surface area contributed by atoms with Crippen LogP contribution in [0.1, 0.15) is 31.5 Å². The van der Waals surface area contributed by atoms with Crippen LogP contribution in [0.15, 0.2) is 4.99 Å². The summed E-state index contributed by atoms with van der Waals surface area (Å²) in [6.07, 6.45) is 4.27. The van der Waals surface area contributed by atoms with Gasteiger partial charge in [0.05, 0.1) is 6.04 Å². The van der Waals surface area contributed by atoms with Crippen molar-refractivity contribution in [1.29, 1.82) is 0 Å². The molecule has 1 aliphatic carbocycles. The van der Waals surface area contributed by atoms with E-state index in [0.29, 0.717) is 5.13 Å². The molecule has 2 rings (SSSR count). The Morgan fingerprint density at radius 3 is 2.69 bits per heavy atom. The lowest BCUT2D eigenvalue weighted by atomic mass is 10.2. The summed E-state index contributed by atoms with van der Waals surface area (Å²) in [6.45, 7) is 0. The van der Waals surface area contributed by atoms with E-state index in [-0.39, 0.29) is 17.6 Å². The lowest BCUT2D eigenvalue weighted by molar-refractivity contribution is -0.106. The fourth-order valence-electron chi connectivity index (χ4n) is 1.74. The van der Waals surface area contributed by atoms with Gasteiger partial charge in [0.1, 0.15) is 0 Å². The van der Waals surface area contributed by atoms with Crippen LogP contribution in [-0.4, -0.2) is 26.4 Å². The SMILES string of the molecule is Nc1nc(C(=NC2CCCC2)C(=O)Cl)ns1. The molecule has 0 bridgehead atoms. The third kappa shape index (κ3) is 2.56. The molecule has 16 heavy (non-hydrogen) atoms. The van der Waals surface area contributed by atoms with E-state index in [1.807, 2.05) is 0 Å². The molecule has 0 aromatic carbocycles. The van der Waals surface area contributed by atoms with Crippen molar-refractivity contribution in [2.75, 3.05) is 5.73 Å². The van der Waals surface area contributed by atoms with Gasteiger partial charge >= 0.3 is 0 Å². The summed E-state index contributed by atoms with van der Waals surface area (Å²) in [6, 6.07) is 0.169. The van der Waals surface area contributed by atoms with Crippen molar-refractivity contribution < 1.29 is 4.79 Å². The van der Waals surface area contributed by atoms with E-state index >= 15 is 0 Å². The van der Waals surface area contributed by atoms with Crippen molar-refractivity contribution >= 4 is 39.2 Å². The molecule has 2 N–H and O–H groups in total. The average Bonchev–Trinajstić information content (AvgIpc) is 2.84. The van der Waals surface area contributed by atoms with Gasteiger partial charge in [-0.25, -0.2) is 0 Å². The topological polar surface area (TPSA) is 81.2 Å². The number of hydrogen-bond acceptors (Lipinski definition) is 6. The van der Waals surface area contributed by atoms with Crippen molar-refractivity contribution in [1.82, 2.24) is 9.36 Å².